The number of hydrogen-bond acceptors (Lipinski definition) is 5. The van der Waals surface area contributed by atoms with Crippen molar-refractivity contribution in [3.8, 4) is 0 Å². The smallest absolute Gasteiger partial charge is 0.217 e. The number of nitrogens with one attached hydrogen (secondary N) is 2. The van der Waals surface area contributed by atoms with E-state index in [0.29, 0.717) is 5.56 Å². The van der Waals surface area contributed by atoms with Gasteiger partial charge in [-0.15, -0.1) is 0 Å². The molecule has 186 valence electrons. The molecule has 0 spiro atoms. The molecule has 3 N–H and O–H groups in total. The van der Waals surface area contributed by atoms with E-state index in [1.54, 1.807) is 6.20 Å². The van der Waals surface area contributed by atoms with Gasteiger partial charge in [0.15, 0.2) is 0 Å². The van der Waals surface area contributed by atoms with Crippen LogP contribution in [0.1, 0.15) is 76.6 Å². The molecule has 2 atom stereocenters. The van der Waals surface area contributed by atoms with Crippen molar-refractivity contribution in [3.63, 3.8) is 0 Å². The first-order chi connectivity index (χ1) is 16.0. The lowest BCUT2D eigenvalue weighted by Gasteiger charge is -2.40. The van der Waals surface area contributed by atoms with E-state index in [1.165, 1.54) is 19.1 Å². The molecule has 6 nitrogen and oxygen atoms in total. The fourth-order valence-electron chi connectivity index (χ4n) is 4.69. The number of amides is 1. The van der Waals surface area contributed by atoms with E-state index in [4.69, 9.17) is 0 Å². The van der Waals surface area contributed by atoms with Crippen molar-refractivity contribution in [2.24, 2.45) is 0 Å². The van der Waals surface area contributed by atoms with Crippen molar-refractivity contribution in [3.05, 3.63) is 58.9 Å². The highest BCUT2D eigenvalue weighted by Gasteiger charge is 2.36. The lowest BCUT2D eigenvalue weighted by Crippen LogP contribution is -2.53. The van der Waals surface area contributed by atoms with Crippen molar-refractivity contribution in [1.82, 2.24) is 20.8 Å². The van der Waals surface area contributed by atoms with Gasteiger partial charge in [0.25, 0.3) is 0 Å². The van der Waals surface area contributed by atoms with E-state index in [9.17, 15) is 18.7 Å². The lowest BCUT2D eigenvalue weighted by atomic mass is 9.76. The molecular weight excluding hydrogens is 438 g/mol. The molecule has 1 aliphatic rings. The van der Waals surface area contributed by atoms with Gasteiger partial charge in [0, 0.05) is 30.5 Å². The van der Waals surface area contributed by atoms with Crippen molar-refractivity contribution < 1.29 is 18.7 Å². The van der Waals surface area contributed by atoms with E-state index in [1.807, 2.05) is 0 Å². The molecule has 1 aliphatic carbocycles. The van der Waals surface area contributed by atoms with Crippen LogP contribution in [0, 0.1) is 11.6 Å². The third-order valence-electron chi connectivity index (χ3n) is 6.56. The third-order valence-corrected chi connectivity index (χ3v) is 6.56. The van der Waals surface area contributed by atoms with Crippen LogP contribution < -0.4 is 10.6 Å². The van der Waals surface area contributed by atoms with E-state index in [0.717, 1.165) is 49.4 Å². The summed E-state index contributed by atoms with van der Waals surface area (Å²) < 4.78 is 27.3. The highest BCUT2D eigenvalue weighted by atomic mass is 19.1. The number of aliphatic hydroxyl groups excluding tert-OH is 1. The fourth-order valence-corrected chi connectivity index (χ4v) is 4.69. The minimum absolute atomic E-state index is 0.106. The zero-order chi connectivity index (χ0) is 24.9. The van der Waals surface area contributed by atoms with Gasteiger partial charge in [-0.1, -0.05) is 40.0 Å². The number of carbonyl (C=O) groups excluding carboxylic acids is 1. The number of rotatable bonds is 8. The van der Waals surface area contributed by atoms with Gasteiger partial charge in [-0.05, 0) is 48.6 Å². The van der Waals surface area contributed by atoms with Crippen LogP contribution in [0.2, 0.25) is 0 Å². The summed E-state index contributed by atoms with van der Waals surface area (Å²) in [5, 5.41) is 25.9. The largest absolute Gasteiger partial charge is 0.390 e. The van der Waals surface area contributed by atoms with Crippen molar-refractivity contribution in [2.75, 3.05) is 6.54 Å². The predicted octanol–water partition coefficient (Wildman–Crippen LogP) is 3.91. The average Bonchev–Trinajstić information content (AvgIpc) is 2.76. The molecular formula is C26H36F2N4O2. The Kier molecular flexibility index (Phi) is 8.36. The molecule has 34 heavy (non-hydrogen) atoms. The quantitative estimate of drug-likeness (QED) is 0.540. The van der Waals surface area contributed by atoms with E-state index in [2.05, 4.69) is 47.7 Å². The lowest BCUT2D eigenvalue weighted by molar-refractivity contribution is -0.120. The summed E-state index contributed by atoms with van der Waals surface area (Å²) in [5.41, 5.74) is 1.82. The second-order valence-corrected chi connectivity index (χ2v) is 10.5. The maximum atomic E-state index is 13.7. The maximum Gasteiger partial charge on any atom is 0.217 e. The van der Waals surface area contributed by atoms with Crippen molar-refractivity contribution >= 4 is 5.91 Å². The first-order valence-electron chi connectivity index (χ1n) is 12.0. The van der Waals surface area contributed by atoms with Gasteiger partial charge < -0.3 is 15.7 Å². The number of aromatic nitrogens is 2. The van der Waals surface area contributed by atoms with Crippen LogP contribution in [0.25, 0.3) is 0 Å². The van der Waals surface area contributed by atoms with Gasteiger partial charge in [0.2, 0.25) is 5.91 Å². The summed E-state index contributed by atoms with van der Waals surface area (Å²) >= 11 is 0. The standard InChI is InChI=1S/C26H36F2N4O2/c1-17(33)31-22(12-18-10-20(27)14-21(28)11-18)23(34)16-29-26(8-6-5-7-9-26)19-13-24(25(2,3)4)32-30-15-19/h10-11,13-15,22-23,29,34H,5-9,12,16H2,1-4H3,(H,31,33). The van der Waals surface area contributed by atoms with Crippen molar-refractivity contribution in [1.29, 1.82) is 0 Å². The van der Waals surface area contributed by atoms with E-state index >= 15 is 0 Å². The summed E-state index contributed by atoms with van der Waals surface area (Å²) in [6, 6.07) is 4.64. The molecule has 1 saturated carbocycles. The number of aliphatic hydroxyl groups is 1. The van der Waals surface area contributed by atoms with Gasteiger partial charge in [-0.3, -0.25) is 4.79 Å². The molecule has 0 saturated heterocycles. The summed E-state index contributed by atoms with van der Waals surface area (Å²) in [5.74, 6) is -1.70. The molecule has 3 rings (SSSR count). The molecule has 0 bridgehead atoms. The Balaban J connectivity index is 1.80. The minimum atomic E-state index is -0.967. The van der Waals surface area contributed by atoms with Crippen LogP contribution in [-0.4, -0.2) is 39.9 Å². The van der Waals surface area contributed by atoms with Crippen molar-refractivity contribution in [2.45, 2.75) is 89.3 Å². The van der Waals surface area contributed by atoms with Crippen LogP contribution in [0.15, 0.2) is 30.5 Å². The molecule has 1 aromatic carbocycles. The van der Waals surface area contributed by atoms with Gasteiger partial charge in [0.05, 0.1) is 24.0 Å². The minimum Gasteiger partial charge on any atom is -0.390 e. The van der Waals surface area contributed by atoms with E-state index in [-0.39, 0.29) is 29.8 Å². The molecule has 0 radical (unpaired) electrons. The highest BCUT2D eigenvalue weighted by Crippen LogP contribution is 2.38. The normalized spacial score (nSPS) is 17.7. The maximum absolute atomic E-state index is 13.7. The zero-order valence-electron chi connectivity index (χ0n) is 20.5. The van der Waals surface area contributed by atoms with Gasteiger partial charge in [0.1, 0.15) is 11.6 Å². The topological polar surface area (TPSA) is 87.1 Å². The number of hydrogen-bond donors (Lipinski definition) is 3. The second kappa shape index (κ2) is 10.9. The number of nitrogens with zero attached hydrogens (tertiary/aromatic N) is 2. The Hall–Kier alpha value is -2.45. The molecule has 8 heteroatoms. The number of carbonyl (C=O) groups is 1. The molecule has 1 amide bonds. The SMILES string of the molecule is CC(=O)NC(Cc1cc(F)cc(F)c1)C(O)CNC1(c2cnnc(C(C)(C)C)c2)CCCCC1. The van der Waals surface area contributed by atoms with Gasteiger partial charge >= 0.3 is 0 Å². The van der Waals surface area contributed by atoms with Crippen LogP contribution >= 0.6 is 0 Å². The summed E-state index contributed by atoms with van der Waals surface area (Å²) in [4.78, 5) is 11.8. The van der Waals surface area contributed by atoms with Crippen LogP contribution in [-0.2, 0) is 22.2 Å². The molecule has 2 unspecified atom stereocenters. The average molecular weight is 475 g/mol. The molecule has 0 aliphatic heterocycles. The monoisotopic (exact) mass is 474 g/mol. The summed E-state index contributed by atoms with van der Waals surface area (Å²) in [6.45, 7) is 7.85. The first-order valence-corrected chi connectivity index (χ1v) is 12.0. The second-order valence-electron chi connectivity index (χ2n) is 10.5. The Morgan fingerprint density at radius 3 is 2.35 bits per heavy atom. The summed E-state index contributed by atoms with van der Waals surface area (Å²) in [6.07, 6.45) is 5.98. The molecule has 1 aromatic heterocycles. The van der Waals surface area contributed by atoms with Crippen LogP contribution in [0.3, 0.4) is 0 Å². The summed E-state index contributed by atoms with van der Waals surface area (Å²) in [7, 11) is 0. The van der Waals surface area contributed by atoms with Gasteiger partial charge in [-0.2, -0.15) is 10.2 Å². The Morgan fingerprint density at radius 2 is 1.76 bits per heavy atom. The third kappa shape index (κ3) is 6.79. The molecule has 2 aromatic rings. The first kappa shape index (κ1) is 26.2. The molecule has 1 fully saturated rings. The Morgan fingerprint density at radius 1 is 1.12 bits per heavy atom. The number of halogens is 2. The Labute approximate surface area is 200 Å². The predicted molar refractivity (Wildman–Crippen MR) is 127 cm³/mol. The van der Waals surface area contributed by atoms with Gasteiger partial charge in [-0.25, -0.2) is 8.78 Å². The Bertz CT molecular complexity index is 967. The van der Waals surface area contributed by atoms with Crippen LogP contribution in [0.5, 0.6) is 0 Å². The zero-order valence-corrected chi connectivity index (χ0v) is 20.5. The number of benzene rings is 1. The van der Waals surface area contributed by atoms with E-state index < -0.39 is 23.8 Å². The molecule has 1 heterocycles. The van der Waals surface area contributed by atoms with Crippen LogP contribution in [0.4, 0.5) is 8.78 Å². The highest BCUT2D eigenvalue weighted by molar-refractivity contribution is 5.73. The fraction of sp³-hybridized carbons (Fsp3) is 0.577.